The molecule has 2 atom stereocenters. The van der Waals surface area contributed by atoms with Crippen molar-refractivity contribution >= 4 is 23.5 Å². The number of hydrogen-bond donors (Lipinski definition) is 0. The van der Waals surface area contributed by atoms with Gasteiger partial charge in [0.25, 0.3) is 0 Å². The van der Waals surface area contributed by atoms with Gasteiger partial charge in [0, 0.05) is 5.02 Å². The van der Waals surface area contributed by atoms with E-state index in [0.29, 0.717) is 23.3 Å². The standard InChI is InChI=1S/C30H49ClO4/c1-8-11-13-24(17-15-21(4)5)34-29(32)26-19-23(10-3)28(31)20-27(26)30(33)35-25(14-12-9-2)18-16-22(6)7/h19-22,24-25H,8-18H2,1-7H3. The SMILES string of the molecule is CCCCC(CCC(C)C)OC(=O)c1cc(Cl)c(CC)cc1C(=O)OC(CCCC)CCC(C)C. The van der Waals surface area contributed by atoms with E-state index in [4.69, 9.17) is 21.1 Å². The van der Waals surface area contributed by atoms with Gasteiger partial charge in [-0.1, -0.05) is 85.8 Å². The Morgan fingerprint density at radius 3 is 1.51 bits per heavy atom. The molecule has 0 bridgehead atoms. The summed E-state index contributed by atoms with van der Waals surface area (Å²) in [6, 6.07) is 3.31. The molecule has 1 aromatic rings. The molecule has 1 rings (SSSR count). The Bertz CT molecular complexity index is 772. The fraction of sp³-hybridized carbons (Fsp3) is 0.733. The zero-order valence-electron chi connectivity index (χ0n) is 23.3. The Kier molecular flexibility index (Phi) is 15.3. The van der Waals surface area contributed by atoms with Crippen molar-refractivity contribution in [1.82, 2.24) is 0 Å². The average molecular weight is 509 g/mol. The molecule has 0 spiro atoms. The van der Waals surface area contributed by atoms with E-state index in [1.807, 2.05) is 6.92 Å². The molecule has 0 amide bonds. The number of esters is 2. The molecule has 0 radical (unpaired) electrons. The van der Waals surface area contributed by atoms with Crippen molar-refractivity contribution in [2.75, 3.05) is 0 Å². The van der Waals surface area contributed by atoms with Crippen LogP contribution < -0.4 is 0 Å². The van der Waals surface area contributed by atoms with Crippen LogP contribution in [0.3, 0.4) is 0 Å². The van der Waals surface area contributed by atoms with Gasteiger partial charge < -0.3 is 9.47 Å². The van der Waals surface area contributed by atoms with E-state index < -0.39 is 11.9 Å². The van der Waals surface area contributed by atoms with Gasteiger partial charge in [-0.25, -0.2) is 9.59 Å². The van der Waals surface area contributed by atoms with Gasteiger partial charge in [0.15, 0.2) is 0 Å². The summed E-state index contributed by atoms with van der Waals surface area (Å²) in [7, 11) is 0. The lowest BCUT2D eigenvalue weighted by Gasteiger charge is -2.22. The summed E-state index contributed by atoms with van der Waals surface area (Å²) in [5.41, 5.74) is 1.30. The monoisotopic (exact) mass is 508 g/mol. The van der Waals surface area contributed by atoms with Gasteiger partial charge in [-0.15, -0.1) is 0 Å². The first-order valence-corrected chi connectivity index (χ1v) is 14.2. The maximum absolute atomic E-state index is 13.4. The van der Waals surface area contributed by atoms with Crippen LogP contribution in [-0.4, -0.2) is 24.1 Å². The van der Waals surface area contributed by atoms with Gasteiger partial charge in [0.2, 0.25) is 0 Å². The molecule has 200 valence electrons. The number of aryl methyl sites for hydroxylation is 1. The number of halogens is 1. The van der Waals surface area contributed by atoms with Crippen molar-refractivity contribution < 1.29 is 19.1 Å². The quantitative estimate of drug-likeness (QED) is 0.197. The zero-order valence-corrected chi connectivity index (χ0v) is 24.0. The van der Waals surface area contributed by atoms with E-state index in [9.17, 15) is 9.59 Å². The second-order valence-corrected chi connectivity index (χ2v) is 11.0. The van der Waals surface area contributed by atoms with E-state index in [1.54, 1.807) is 12.1 Å². The Balaban J connectivity index is 3.19. The molecule has 0 fully saturated rings. The van der Waals surface area contributed by atoms with Crippen LogP contribution in [0, 0.1) is 11.8 Å². The highest BCUT2D eigenvalue weighted by Crippen LogP contribution is 2.27. The van der Waals surface area contributed by atoms with Crippen LogP contribution >= 0.6 is 11.6 Å². The lowest BCUT2D eigenvalue weighted by atomic mass is 9.99. The number of rotatable bonds is 17. The molecule has 0 heterocycles. The van der Waals surface area contributed by atoms with E-state index in [0.717, 1.165) is 69.8 Å². The molecule has 5 heteroatoms. The first-order chi connectivity index (χ1) is 16.6. The van der Waals surface area contributed by atoms with E-state index in [2.05, 4.69) is 41.5 Å². The maximum atomic E-state index is 13.4. The third-order valence-electron chi connectivity index (χ3n) is 6.45. The predicted octanol–water partition coefficient (Wildman–Crippen LogP) is 9.21. The fourth-order valence-corrected chi connectivity index (χ4v) is 4.38. The maximum Gasteiger partial charge on any atom is 0.339 e. The Morgan fingerprint density at radius 2 is 1.14 bits per heavy atom. The second-order valence-electron chi connectivity index (χ2n) is 10.6. The minimum absolute atomic E-state index is 0.155. The number of benzene rings is 1. The van der Waals surface area contributed by atoms with Gasteiger partial charge >= 0.3 is 11.9 Å². The third-order valence-corrected chi connectivity index (χ3v) is 6.80. The molecule has 0 saturated carbocycles. The molecule has 2 unspecified atom stereocenters. The number of hydrogen-bond acceptors (Lipinski definition) is 4. The second kappa shape index (κ2) is 17.0. The van der Waals surface area contributed by atoms with Gasteiger partial charge in [0.05, 0.1) is 11.1 Å². The minimum atomic E-state index is -0.487. The molecule has 35 heavy (non-hydrogen) atoms. The zero-order chi connectivity index (χ0) is 26.4. The van der Waals surface area contributed by atoms with Crippen LogP contribution in [0.1, 0.15) is 139 Å². The molecule has 4 nitrogen and oxygen atoms in total. The van der Waals surface area contributed by atoms with Gasteiger partial charge in [-0.05, 0) is 74.5 Å². The number of unbranched alkanes of at least 4 members (excludes halogenated alkanes) is 2. The molecular weight excluding hydrogens is 460 g/mol. The van der Waals surface area contributed by atoms with Crippen LogP contribution in [-0.2, 0) is 15.9 Å². The predicted molar refractivity (Wildman–Crippen MR) is 146 cm³/mol. The molecular formula is C30H49ClO4. The van der Waals surface area contributed by atoms with Crippen molar-refractivity contribution in [2.45, 2.75) is 131 Å². The number of ether oxygens (including phenoxy) is 2. The summed E-state index contributed by atoms with van der Waals surface area (Å²) in [6.45, 7) is 14.9. The van der Waals surface area contributed by atoms with E-state index in [1.165, 1.54) is 0 Å². The van der Waals surface area contributed by atoms with Crippen LogP contribution in [0.4, 0.5) is 0 Å². The lowest BCUT2D eigenvalue weighted by Crippen LogP contribution is -2.24. The van der Waals surface area contributed by atoms with E-state index in [-0.39, 0.29) is 23.3 Å². The summed E-state index contributed by atoms with van der Waals surface area (Å²) >= 11 is 6.47. The lowest BCUT2D eigenvalue weighted by molar-refractivity contribution is 0.0196. The van der Waals surface area contributed by atoms with Crippen molar-refractivity contribution in [1.29, 1.82) is 0 Å². The molecule has 0 aliphatic rings. The molecule has 0 N–H and O–H groups in total. The van der Waals surface area contributed by atoms with Crippen LogP contribution in [0.5, 0.6) is 0 Å². The summed E-state index contributed by atoms with van der Waals surface area (Å²) in [5, 5.41) is 0.477. The smallest absolute Gasteiger partial charge is 0.339 e. The number of carbonyl (C=O) groups excluding carboxylic acids is 2. The van der Waals surface area contributed by atoms with Crippen molar-refractivity contribution in [3.63, 3.8) is 0 Å². The van der Waals surface area contributed by atoms with Crippen molar-refractivity contribution in [2.24, 2.45) is 11.8 Å². The van der Waals surface area contributed by atoms with Gasteiger partial charge in [-0.2, -0.15) is 0 Å². The first-order valence-electron chi connectivity index (χ1n) is 13.9. The van der Waals surface area contributed by atoms with Crippen molar-refractivity contribution in [3.05, 3.63) is 33.8 Å². The van der Waals surface area contributed by atoms with Crippen LogP contribution in [0.25, 0.3) is 0 Å². The normalized spacial score (nSPS) is 13.2. The van der Waals surface area contributed by atoms with Crippen molar-refractivity contribution in [3.8, 4) is 0 Å². The van der Waals surface area contributed by atoms with E-state index >= 15 is 0 Å². The van der Waals surface area contributed by atoms with Gasteiger partial charge in [0.1, 0.15) is 12.2 Å². The van der Waals surface area contributed by atoms with Crippen LogP contribution in [0.2, 0.25) is 5.02 Å². The Hall–Kier alpha value is -1.55. The fourth-order valence-electron chi connectivity index (χ4n) is 4.08. The third kappa shape index (κ3) is 11.8. The molecule has 0 aliphatic carbocycles. The summed E-state index contributed by atoms with van der Waals surface area (Å²) < 4.78 is 11.9. The number of carbonyl (C=O) groups is 2. The Morgan fingerprint density at radius 1 is 0.714 bits per heavy atom. The molecule has 0 aliphatic heterocycles. The largest absolute Gasteiger partial charge is 0.459 e. The van der Waals surface area contributed by atoms with Crippen LogP contribution in [0.15, 0.2) is 12.1 Å². The average Bonchev–Trinajstić information content (AvgIpc) is 2.81. The highest BCUT2D eigenvalue weighted by atomic mass is 35.5. The highest BCUT2D eigenvalue weighted by molar-refractivity contribution is 6.32. The summed E-state index contributed by atoms with van der Waals surface area (Å²) in [5.74, 6) is 0.128. The topological polar surface area (TPSA) is 52.6 Å². The molecule has 1 aromatic carbocycles. The summed E-state index contributed by atoms with van der Waals surface area (Å²) in [6.07, 6.45) is 9.70. The molecule has 0 saturated heterocycles. The highest BCUT2D eigenvalue weighted by Gasteiger charge is 2.26. The summed E-state index contributed by atoms with van der Waals surface area (Å²) in [4.78, 5) is 26.7. The minimum Gasteiger partial charge on any atom is -0.459 e. The van der Waals surface area contributed by atoms with Gasteiger partial charge in [-0.3, -0.25) is 0 Å². The molecule has 0 aromatic heterocycles. The first kappa shape index (κ1) is 31.5. The Labute approximate surface area is 219 Å².